The molecule has 0 aromatic carbocycles. The van der Waals surface area contributed by atoms with Crippen molar-refractivity contribution in [1.29, 1.82) is 0 Å². The van der Waals surface area contributed by atoms with E-state index in [1.807, 2.05) is 4.72 Å². The van der Waals surface area contributed by atoms with E-state index >= 15 is 0 Å². The molecule has 0 bridgehead atoms. The van der Waals surface area contributed by atoms with Gasteiger partial charge in [0.15, 0.2) is 0 Å². The number of aliphatic carboxylic acids is 1. The topological polar surface area (TPSA) is 133 Å². The van der Waals surface area contributed by atoms with Gasteiger partial charge in [-0.1, -0.05) is 0 Å². The van der Waals surface area contributed by atoms with Crippen molar-refractivity contribution in [1.82, 2.24) is 9.03 Å². The van der Waals surface area contributed by atoms with E-state index in [-0.39, 0.29) is 13.2 Å². The number of carbonyl (C=O) groups excluding carboxylic acids is 1. The minimum Gasteiger partial charge on any atom is -0.480 e. The minimum atomic E-state index is -4.19. The molecule has 2 atom stereocenters. The van der Waals surface area contributed by atoms with Gasteiger partial charge in [0.2, 0.25) is 0 Å². The number of rotatable bonds is 7. The molecule has 0 spiro atoms. The van der Waals surface area contributed by atoms with Crippen LogP contribution in [0, 0.1) is 0 Å². The van der Waals surface area contributed by atoms with E-state index in [4.69, 9.17) is 14.9 Å². The van der Waals surface area contributed by atoms with Crippen molar-refractivity contribution < 1.29 is 33.0 Å². The van der Waals surface area contributed by atoms with Gasteiger partial charge in [0.25, 0.3) is 10.2 Å². The molecule has 0 amide bonds. The van der Waals surface area contributed by atoms with Crippen LogP contribution in [-0.2, 0) is 24.5 Å². The van der Waals surface area contributed by atoms with E-state index in [1.165, 1.54) is 0 Å². The molecule has 0 radical (unpaired) electrons. The second-order valence-corrected chi connectivity index (χ2v) is 5.87. The molecular formula is C10H18N2O7S. The van der Waals surface area contributed by atoms with Gasteiger partial charge in [0, 0.05) is 6.54 Å². The number of carboxylic acid groups (broad SMARTS) is 1. The van der Waals surface area contributed by atoms with Gasteiger partial charge >= 0.3 is 11.9 Å². The summed E-state index contributed by atoms with van der Waals surface area (Å²) in [4.78, 5) is 22.4. The molecule has 3 N–H and O–H groups in total. The molecule has 1 saturated heterocycles. The second-order valence-electron chi connectivity index (χ2n) is 4.22. The first-order valence-electron chi connectivity index (χ1n) is 6.12. The summed E-state index contributed by atoms with van der Waals surface area (Å²) in [6.45, 7) is 0.949. The van der Waals surface area contributed by atoms with Crippen LogP contribution in [0.3, 0.4) is 0 Å². The van der Waals surface area contributed by atoms with Gasteiger partial charge in [0.05, 0.1) is 13.2 Å². The molecule has 1 fully saturated rings. The van der Waals surface area contributed by atoms with Gasteiger partial charge in [-0.2, -0.15) is 17.4 Å². The molecule has 0 saturated carbocycles. The number of carbonyl (C=O) groups is 2. The van der Waals surface area contributed by atoms with Crippen LogP contribution in [0.2, 0.25) is 0 Å². The first kappa shape index (κ1) is 16.8. The monoisotopic (exact) mass is 310 g/mol. The lowest BCUT2D eigenvalue weighted by Gasteiger charge is -2.24. The Morgan fingerprint density at radius 3 is 2.65 bits per heavy atom. The maximum absolute atomic E-state index is 12.1. The Balaban J connectivity index is 2.85. The summed E-state index contributed by atoms with van der Waals surface area (Å²) in [6, 6.07) is -2.61. The van der Waals surface area contributed by atoms with Crippen LogP contribution in [0.15, 0.2) is 0 Å². The third kappa shape index (κ3) is 3.88. The summed E-state index contributed by atoms with van der Waals surface area (Å²) in [6.07, 6.45) is 0.790. The molecular weight excluding hydrogens is 292 g/mol. The zero-order valence-electron chi connectivity index (χ0n) is 11.0. The summed E-state index contributed by atoms with van der Waals surface area (Å²) in [7, 11) is -4.19. The standard InChI is InChI=1S/C10H18N2O7S/c1-2-19-10(16)8-4-3-5-12(8)20(17,18)11-7(6-13)9(14)15/h7-8,11,13H,2-6H2,1H3,(H,14,15)/t7-,8?/m1/s1. The number of hydrogen-bond donors (Lipinski definition) is 3. The van der Waals surface area contributed by atoms with Crippen LogP contribution >= 0.6 is 0 Å². The smallest absolute Gasteiger partial charge is 0.324 e. The second kappa shape index (κ2) is 6.97. The van der Waals surface area contributed by atoms with Gasteiger partial charge in [-0.3, -0.25) is 9.59 Å². The number of aliphatic hydroxyl groups is 1. The first-order chi connectivity index (χ1) is 9.33. The maximum atomic E-state index is 12.1. The Morgan fingerprint density at radius 2 is 2.15 bits per heavy atom. The summed E-state index contributed by atoms with van der Waals surface area (Å²) in [5.41, 5.74) is 0. The number of carboxylic acids is 1. The zero-order chi connectivity index (χ0) is 15.3. The molecule has 116 valence electrons. The molecule has 1 aliphatic rings. The summed E-state index contributed by atoms with van der Waals surface area (Å²) in [5.74, 6) is -2.16. The zero-order valence-corrected chi connectivity index (χ0v) is 11.8. The third-order valence-corrected chi connectivity index (χ3v) is 4.48. The lowest BCUT2D eigenvalue weighted by atomic mass is 10.2. The third-order valence-electron chi connectivity index (χ3n) is 2.84. The van der Waals surface area contributed by atoms with E-state index in [0.717, 1.165) is 4.31 Å². The van der Waals surface area contributed by atoms with Gasteiger partial charge in [0.1, 0.15) is 12.1 Å². The van der Waals surface area contributed by atoms with Crippen molar-refractivity contribution in [2.45, 2.75) is 31.8 Å². The molecule has 10 heteroatoms. The summed E-state index contributed by atoms with van der Waals surface area (Å²) in [5, 5.41) is 17.6. The maximum Gasteiger partial charge on any atom is 0.324 e. The number of ether oxygens (including phenoxy) is 1. The van der Waals surface area contributed by atoms with E-state index in [9.17, 15) is 18.0 Å². The molecule has 1 heterocycles. The van der Waals surface area contributed by atoms with Crippen LogP contribution in [0.5, 0.6) is 0 Å². The number of esters is 1. The highest BCUT2D eigenvalue weighted by molar-refractivity contribution is 7.87. The number of hydrogen-bond acceptors (Lipinski definition) is 6. The van der Waals surface area contributed by atoms with Crippen molar-refractivity contribution >= 4 is 22.1 Å². The van der Waals surface area contributed by atoms with Gasteiger partial charge < -0.3 is 14.9 Å². The van der Waals surface area contributed by atoms with Gasteiger partial charge in [-0.15, -0.1) is 0 Å². The molecule has 1 aliphatic heterocycles. The molecule has 9 nitrogen and oxygen atoms in total. The van der Waals surface area contributed by atoms with Crippen LogP contribution in [0.4, 0.5) is 0 Å². The Hall–Kier alpha value is -1.23. The Labute approximate surface area is 116 Å². The molecule has 0 aromatic heterocycles. The highest BCUT2D eigenvalue weighted by Crippen LogP contribution is 2.21. The Morgan fingerprint density at radius 1 is 1.50 bits per heavy atom. The summed E-state index contributed by atoms with van der Waals surface area (Å²) < 4.78 is 31.6. The fourth-order valence-electron chi connectivity index (χ4n) is 1.92. The highest BCUT2D eigenvalue weighted by Gasteiger charge is 2.41. The van der Waals surface area contributed by atoms with E-state index in [2.05, 4.69) is 0 Å². The van der Waals surface area contributed by atoms with E-state index < -0.39 is 40.8 Å². The Kier molecular flexibility index (Phi) is 5.87. The van der Waals surface area contributed by atoms with Crippen molar-refractivity contribution in [3.05, 3.63) is 0 Å². The quantitative estimate of drug-likeness (QED) is 0.477. The molecule has 1 rings (SSSR count). The average Bonchev–Trinajstić information content (AvgIpc) is 2.86. The fourth-order valence-corrected chi connectivity index (χ4v) is 3.48. The lowest BCUT2D eigenvalue weighted by molar-refractivity contribution is -0.146. The molecule has 20 heavy (non-hydrogen) atoms. The van der Waals surface area contributed by atoms with Crippen LogP contribution in [0.1, 0.15) is 19.8 Å². The molecule has 1 unspecified atom stereocenters. The van der Waals surface area contributed by atoms with Crippen LogP contribution in [-0.4, -0.2) is 66.7 Å². The van der Waals surface area contributed by atoms with Gasteiger partial charge in [-0.05, 0) is 19.8 Å². The highest BCUT2D eigenvalue weighted by atomic mass is 32.2. The normalized spacial score (nSPS) is 21.6. The SMILES string of the molecule is CCOC(=O)C1CCCN1S(=O)(=O)N[C@H](CO)C(=O)O. The predicted molar refractivity (Wildman–Crippen MR) is 66.9 cm³/mol. The first-order valence-corrected chi connectivity index (χ1v) is 7.57. The fraction of sp³-hybridized carbons (Fsp3) is 0.800. The van der Waals surface area contributed by atoms with Crippen LogP contribution < -0.4 is 4.72 Å². The van der Waals surface area contributed by atoms with Crippen molar-refractivity contribution in [2.75, 3.05) is 19.8 Å². The van der Waals surface area contributed by atoms with Crippen molar-refractivity contribution in [3.8, 4) is 0 Å². The number of nitrogens with zero attached hydrogens (tertiary/aromatic N) is 1. The largest absolute Gasteiger partial charge is 0.480 e. The van der Waals surface area contributed by atoms with Crippen molar-refractivity contribution in [2.24, 2.45) is 0 Å². The molecule has 0 aliphatic carbocycles. The summed E-state index contributed by atoms with van der Waals surface area (Å²) >= 11 is 0. The Bertz CT molecular complexity index is 464. The van der Waals surface area contributed by atoms with Gasteiger partial charge in [-0.25, -0.2) is 0 Å². The van der Waals surface area contributed by atoms with E-state index in [1.54, 1.807) is 6.92 Å². The van der Waals surface area contributed by atoms with Crippen molar-refractivity contribution in [3.63, 3.8) is 0 Å². The lowest BCUT2D eigenvalue weighted by Crippen LogP contribution is -2.52. The average molecular weight is 310 g/mol. The van der Waals surface area contributed by atoms with E-state index in [0.29, 0.717) is 12.8 Å². The molecule has 0 aromatic rings. The minimum absolute atomic E-state index is 0.0938. The number of nitrogens with one attached hydrogen (secondary N) is 1. The predicted octanol–water partition coefficient (Wildman–Crippen LogP) is -1.71. The van der Waals surface area contributed by atoms with Crippen LogP contribution in [0.25, 0.3) is 0 Å². The number of aliphatic hydroxyl groups excluding tert-OH is 1.